The number of para-hydroxylation sites is 5. The Morgan fingerprint density at radius 2 is 0.839 bits per heavy atom. The van der Waals surface area contributed by atoms with Crippen LogP contribution in [0.3, 0.4) is 0 Å². The zero-order valence-corrected chi connectivity index (χ0v) is 33.7. The van der Waals surface area contributed by atoms with Gasteiger partial charge in [0.15, 0.2) is 5.58 Å². The molecule has 11 aromatic rings. The molecule has 0 saturated heterocycles. The van der Waals surface area contributed by atoms with E-state index in [9.17, 15) is 0 Å². The van der Waals surface area contributed by atoms with Crippen molar-refractivity contribution in [1.82, 2.24) is 0 Å². The van der Waals surface area contributed by atoms with Crippen molar-refractivity contribution >= 4 is 66.8 Å². The highest BCUT2D eigenvalue weighted by Crippen LogP contribution is 2.65. The Morgan fingerprint density at radius 3 is 1.55 bits per heavy atom. The van der Waals surface area contributed by atoms with Crippen molar-refractivity contribution in [3.63, 3.8) is 0 Å². The molecule has 3 heteroatoms. The predicted octanol–water partition coefficient (Wildman–Crippen LogP) is 16.0. The van der Waals surface area contributed by atoms with Crippen LogP contribution in [0, 0.1) is 0 Å². The third kappa shape index (κ3) is 4.82. The molecule has 0 amide bonds. The summed E-state index contributed by atoms with van der Waals surface area (Å²) >= 11 is 0. The quantitative estimate of drug-likeness (QED) is 0.167. The van der Waals surface area contributed by atoms with Crippen LogP contribution in [0.1, 0.15) is 22.3 Å². The Hall–Kier alpha value is -8.14. The van der Waals surface area contributed by atoms with Crippen molar-refractivity contribution in [3.05, 3.63) is 253 Å². The van der Waals surface area contributed by atoms with Crippen LogP contribution in [0.2, 0.25) is 0 Å². The molecule has 13 rings (SSSR count). The lowest BCUT2D eigenvalue weighted by Crippen LogP contribution is -2.26. The van der Waals surface area contributed by atoms with Crippen LogP contribution in [-0.2, 0) is 5.41 Å². The number of anilines is 6. The Balaban J connectivity index is 1.12. The standard InChI is InChI=1S/C59H38N2O/c1-4-19-39(20-5-1)60(40-21-6-2-7-22-40)42-35-36-52-49(37-42)43-25-12-15-31-50(43)59(52)51-32-16-13-29-48(51)57-46-28-11-10-26-44(46)55(38-53(57)59)61(41-23-8-3-9-24-41)54-33-18-30-47-45-27-14-17-34-56(45)62-58(47)54/h1-38H. The molecule has 0 saturated carbocycles. The Morgan fingerprint density at radius 1 is 0.306 bits per heavy atom. The van der Waals surface area contributed by atoms with Gasteiger partial charge in [-0.05, 0) is 117 Å². The second-order valence-corrected chi connectivity index (χ2v) is 16.4. The molecule has 1 aromatic heterocycles. The molecule has 0 fully saturated rings. The molecular weight excluding hydrogens is 753 g/mol. The molecule has 1 atom stereocenters. The summed E-state index contributed by atoms with van der Waals surface area (Å²) in [4.78, 5) is 4.79. The lowest BCUT2D eigenvalue weighted by atomic mass is 9.70. The normalized spacial score (nSPS) is 14.5. The topological polar surface area (TPSA) is 19.6 Å². The SMILES string of the molecule is c1ccc(N(c2ccccc2)c2ccc3c(c2)-c2ccccc2C32c3ccccc3-c3c2cc(N(c2ccccc2)c2cccc4c2oc2ccccc24)c2ccccc32)cc1. The number of hydrogen-bond acceptors (Lipinski definition) is 3. The molecule has 2 aliphatic carbocycles. The van der Waals surface area contributed by atoms with Gasteiger partial charge in [-0.3, -0.25) is 0 Å². The van der Waals surface area contributed by atoms with E-state index >= 15 is 0 Å². The summed E-state index contributed by atoms with van der Waals surface area (Å²) in [6, 6.07) is 83.9. The molecule has 1 heterocycles. The van der Waals surface area contributed by atoms with Gasteiger partial charge in [0.25, 0.3) is 0 Å². The second kappa shape index (κ2) is 13.4. The predicted molar refractivity (Wildman–Crippen MR) is 257 cm³/mol. The van der Waals surface area contributed by atoms with Crippen LogP contribution in [0.5, 0.6) is 0 Å². The van der Waals surface area contributed by atoms with Crippen LogP contribution < -0.4 is 9.80 Å². The van der Waals surface area contributed by atoms with E-state index < -0.39 is 5.41 Å². The number of rotatable bonds is 6. The first-order chi connectivity index (χ1) is 30.8. The monoisotopic (exact) mass is 790 g/mol. The van der Waals surface area contributed by atoms with Crippen LogP contribution in [0.15, 0.2) is 235 Å². The second-order valence-electron chi connectivity index (χ2n) is 16.4. The molecule has 0 aliphatic heterocycles. The van der Waals surface area contributed by atoms with Gasteiger partial charge in [-0.25, -0.2) is 0 Å². The Labute approximate surface area is 360 Å². The number of fused-ring (bicyclic) bond motifs is 15. The molecule has 2 aliphatic rings. The fourth-order valence-electron chi connectivity index (χ4n) is 10.8. The van der Waals surface area contributed by atoms with E-state index in [0.717, 1.165) is 56.1 Å². The minimum Gasteiger partial charge on any atom is -0.454 e. The minimum atomic E-state index is -0.576. The third-order valence-electron chi connectivity index (χ3n) is 13.2. The van der Waals surface area contributed by atoms with Crippen molar-refractivity contribution in [2.24, 2.45) is 0 Å². The summed E-state index contributed by atoms with van der Waals surface area (Å²) in [5.41, 5.74) is 18.0. The molecular formula is C59H38N2O. The molecule has 1 unspecified atom stereocenters. The summed E-state index contributed by atoms with van der Waals surface area (Å²) in [5.74, 6) is 0. The molecule has 0 N–H and O–H groups in total. The first kappa shape index (κ1) is 34.7. The van der Waals surface area contributed by atoms with Gasteiger partial charge in [-0.15, -0.1) is 0 Å². The fourth-order valence-corrected chi connectivity index (χ4v) is 10.8. The number of hydrogen-bond donors (Lipinski definition) is 0. The largest absolute Gasteiger partial charge is 0.454 e. The summed E-state index contributed by atoms with van der Waals surface area (Å²) in [6.45, 7) is 0. The van der Waals surface area contributed by atoms with Crippen LogP contribution in [-0.4, -0.2) is 0 Å². The highest BCUT2D eigenvalue weighted by Gasteiger charge is 2.52. The van der Waals surface area contributed by atoms with Crippen LogP contribution in [0.25, 0.3) is 55.0 Å². The lowest BCUT2D eigenvalue weighted by Gasteiger charge is -2.33. The molecule has 290 valence electrons. The Kier molecular flexibility index (Phi) is 7.52. The van der Waals surface area contributed by atoms with Crippen LogP contribution in [0.4, 0.5) is 34.1 Å². The van der Waals surface area contributed by atoms with Crippen molar-refractivity contribution < 1.29 is 4.42 Å². The Bertz CT molecular complexity index is 3500. The average molecular weight is 791 g/mol. The van der Waals surface area contributed by atoms with E-state index in [-0.39, 0.29) is 0 Å². The minimum absolute atomic E-state index is 0.576. The van der Waals surface area contributed by atoms with E-state index in [4.69, 9.17) is 4.42 Å². The summed E-state index contributed by atoms with van der Waals surface area (Å²) < 4.78 is 6.80. The molecule has 1 spiro atoms. The fraction of sp³-hybridized carbons (Fsp3) is 0.0169. The number of nitrogens with zero attached hydrogens (tertiary/aromatic N) is 2. The van der Waals surface area contributed by atoms with Gasteiger partial charge in [0, 0.05) is 38.9 Å². The number of benzene rings is 10. The van der Waals surface area contributed by atoms with Gasteiger partial charge in [0.05, 0.1) is 16.8 Å². The zero-order chi connectivity index (χ0) is 40.8. The van der Waals surface area contributed by atoms with Crippen molar-refractivity contribution in [2.75, 3.05) is 9.80 Å². The van der Waals surface area contributed by atoms with E-state index in [1.54, 1.807) is 0 Å². The maximum atomic E-state index is 6.80. The van der Waals surface area contributed by atoms with Crippen molar-refractivity contribution in [3.8, 4) is 22.3 Å². The zero-order valence-electron chi connectivity index (χ0n) is 33.7. The van der Waals surface area contributed by atoms with Gasteiger partial charge in [-0.2, -0.15) is 0 Å². The van der Waals surface area contributed by atoms with Crippen molar-refractivity contribution in [1.29, 1.82) is 0 Å². The molecule has 0 radical (unpaired) electrons. The summed E-state index contributed by atoms with van der Waals surface area (Å²) in [5, 5.41) is 4.62. The highest BCUT2D eigenvalue weighted by molar-refractivity contribution is 6.15. The molecule has 10 aromatic carbocycles. The summed E-state index contributed by atoms with van der Waals surface area (Å²) in [6.07, 6.45) is 0. The van der Waals surface area contributed by atoms with E-state index in [1.807, 2.05) is 6.07 Å². The maximum absolute atomic E-state index is 6.80. The summed E-state index contributed by atoms with van der Waals surface area (Å²) in [7, 11) is 0. The van der Waals surface area contributed by atoms with Gasteiger partial charge in [-0.1, -0.05) is 164 Å². The van der Waals surface area contributed by atoms with Gasteiger partial charge >= 0.3 is 0 Å². The first-order valence-corrected chi connectivity index (χ1v) is 21.4. The third-order valence-corrected chi connectivity index (χ3v) is 13.2. The van der Waals surface area contributed by atoms with Gasteiger partial charge < -0.3 is 14.2 Å². The van der Waals surface area contributed by atoms with Gasteiger partial charge in [0.1, 0.15) is 5.58 Å². The maximum Gasteiger partial charge on any atom is 0.159 e. The lowest BCUT2D eigenvalue weighted by molar-refractivity contribution is 0.669. The number of furan rings is 1. The first-order valence-electron chi connectivity index (χ1n) is 21.4. The van der Waals surface area contributed by atoms with Gasteiger partial charge in [0.2, 0.25) is 0 Å². The average Bonchev–Trinajstić information content (AvgIpc) is 3.97. The van der Waals surface area contributed by atoms with Crippen molar-refractivity contribution in [2.45, 2.75) is 5.41 Å². The smallest absolute Gasteiger partial charge is 0.159 e. The van der Waals surface area contributed by atoms with E-state index in [2.05, 4.69) is 234 Å². The highest BCUT2D eigenvalue weighted by atomic mass is 16.3. The molecule has 3 nitrogen and oxygen atoms in total. The molecule has 0 bridgehead atoms. The van der Waals surface area contributed by atoms with E-state index in [0.29, 0.717) is 0 Å². The van der Waals surface area contributed by atoms with Crippen LogP contribution >= 0.6 is 0 Å². The molecule has 62 heavy (non-hydrogen) atoms. The van der Waals surface area contributed by atoms with E-state index in [1.165, 1.54) is 55.3 Å².